The summed E-state index contributed by atoms with van der Waals surface area (Å²) in [6.45, 7) is 5.55. The van der Waals surface area contributed by atoms with Crippen molar-refractivity contribution in [1.82, 2.24) is 0 Å². The van der Waals surface area contributed by atoms with Crippen LogP contribution in [-0.2, 0) is 23.9 Å². The van der Waals surface area contributed by atoms with Crippen LogP contribution in [0.2, 0.25) is 0 Å². The number of esters is 1. The fourth-order valence-electron chi connectivity index (χ4n) is 4.96. The van der Waals surface area contributed by atoms with Gasteiger partial charge in [0, 0.05) is 17.6 Å². The fraction of sp³-hybridized carbons (Fsp3) is 0.414. The van der Waals surface area contributed by atoms with Crippen LogP contribution in [0.25, 0.3) is 5.76 Å². The highest BCUT2D eigenvalue weighted by molar-refractivity contribution is 6.24. The molecule has 0 bridgehead atoms. The number of rotatable bonds is 10. The van der Waals surface area contributed by atoms with E-state index in [1.54, 1.807) is 18.2 Å². The standard InChI is InChI=1S/C29H32O6/c1-4-5-6-7-8-9-10-13-22(31)26-27-20-17-34-23(25-18(2)12-11-14-21(25)30)15-19(20)16-24(32)29(27,3)35-28(26)33/h11-12,14-17,30H,4-10,13H2,1-3H3. The van der Waals surface area contributed by atoms with Crippen LogP contribution in [0, 0.1) is 6.92 Å². The number of hydrogen-bond donors (Lipinski definition) is 1. The van der Waals surface area contributed by atoms with Crippen LogP contribution in [0.3, 0.4) is 0 Å². The number of allylic oxidation sites excluding steroid dienone is 2. The number of unbranched alkanes of at least 4 members (excludes halogenated alkanes) is 6. The van der Waals surface area contributed by atoms with E-state index in [4.69, 9.17) is 9.47 Å². The van der Waals surface area contributed by atoms with Crippen LogP contribution in [0.1, 0.15) is 76.3 Å². The first kappa shape index (κ1) is 24.7. The van der Waals surface area contributed by atoms with Crippen molar-refractivity contribution in [2.24, 2.45) is 0 Å². The van der Waals surface area contributed by atoms with Crippen LogP contribution in [0.4, 0.5) is 0 Å². The number of Topliss-reactive ketones (excluding diaryl/α,β-unsaturated/α-hetero) is 1. The van der Waals surface area contributed by atoms with E-state index in [2.05, 4.69) is 6.92 Å². The zero-order valence-corrected chi connectivity index (χ0v) is 20.6. The minimum Gasteiger partial charge on any atom is -0.507 e. The highest BCUT2D eigenvalue weighted by Crippen LogP contribution is 2.47. The molecule has 1 aromatic carbocycles. The normalized spacial score (nSPS) is 20.9. The molecular weight excluding hydrogens is 444 g/mol. The smallest absolute Gasteiger partial charge is 0.343 e. The van der Waals surface area contributed by atoms with Gasteiger partial charge in [0.1, 0.15) is 17.1 Å². The number of phenols is 1. The number of fused-ring (bicyclic) bond motifs is 3. The average Bonchev–Trinajstić information content (AvgIpc) is 3.10. The molecule has 1 N–H and O–H groups in total. The van der Waals surface area contributed by atoms with Gasteiger partial charge in [0.15, 0.2) is 11.4 Å². The van der Waals surface area contributed by atoms with Crippen LogP contribution in [0.5, 0.6) is 5.75 Å². The molecule has 0 aromatic heterocycles. The third kappa shape index (κ3) is 4.62. The van der Waals surface area contributed by atoms with E-state index in [1.165, 1.54) is 38.5 Å². The molecular formula is C29H32O6. The van der Waals surface area contributed by atoms with Gasteiger partial charge in [-0.05, 0) is 49.6 Å². The Morgan fingerprint density at radius 1 is 1.03 bits per heavy atom. The summed E-state index contributed by atoms with van der Waals surface area (Å²) in [5.41, 5.74) is 1.02. The summed E-state index contributed by atoms with van der Waals surface area (Å²) in [4.78, 5) is 39.0. The first-order valence-electron chi connectivity index (χ1n) is 12.4. The Morgan fingerprint density at radius 2 is 1.74 bits per heavy atom. The van der Waals surface area contributed by atoms with Crippen molar-refractivity contribution in [2.75, 3.05) is 0 Å². The van der Waals surface area contributed by atoms with Crippen LogP contribution >= 0.6 is 0 Å². The Bertz CT molecular complexity index is 1180. The molecule has 1 unspecified atom stereocenters. The van der Waals surface area contributed by atoms with E-state index < -0.39 is 17.4 Å². The number of ether oxygens (including phenoxy) is 2. The van der Waals surface area contributed by atoms with Gasteiger partial charge in [0.05, 0.1) is 11.8 Å². The molecule has 184 valence electrons. The zero-order valence-electron chi connectivity index (χ0n) is 20.6. The summed E-state index contributed by atoms with van der Waals surface area (Å²) in [6.07, 6.45) is 12.2. The number of phenolic OH excluding ortho intramolecular Hbond substituents is 1. The van der Waals surface area contributed by atoms with E-state index in [1.807, 2.05) is 13.0 Å². The van der Waals surface area contributed by atoms with E-state index in [-0.39, 0.29) is 29.1 Å². The predicted molar refractivity (Wildman–Crippen MR) is 132 cm³/mol. The van der Waals surface area contributed by atoms with Gasteiger partial charge < -0.3 is 14.6 Å². The summed E-state index contributed by atoms with van der Waals surface area (Å²) in [5, 5.41) is 10.3. The summed E-state index contributed by atoms with van der Waals surface area (Å²) < 4.78 is 11.4. The van der Waals surface area contributed by atoms with Gasteiger partial charge in [0.2, 0.25) is 5.78 Å². The maximum atomic E-state index is 13.1. The molecule has 0 fully saturated rings. The number of hydrogen-bond acceptors (Lipinski definition) is 6. The molecule has 2 aliphatic heterocycles. The van der Waals surface area contributed by atoms with E-state index in [0.29, 0.717) is 28.9 Å². The minimum atomic E-state index is -1.54. The maximum Gasteiger partial charge on any atom is 0.343 e. The largest absolute Gasteiger partial charge is 0.507 e. The predicted octanol–water partition coefficient (Wildman–Crippen LogP) is 5.79. The summed E-state index contributed by atoms with van der Waals surface area (Å²) in [7, 11) is 0. The molecule has 0 saturated heterocycles. The molecule has 35 heavy (non-hydrogen) atoms. The van der Waals surface area contributed by atoms with Gasteiger partial charge in [-0.3, -0.25) is 9.59 Å². The lowest BCUT2D eigenvalue weighted by atomic mass is 9.75. The molecule has 0 radical (unpaired) electrons. The Hall–Kier alpha value is -3.41. The van der Waals surface area contributed by atoms with E-state index in [0.717, 1.165) is 24.8 Å². The maximum absolute atomic E-state index is 13.1. The number of aromatic hydroxyl groups is 1. The molecule has 0 amide bonds. The summed E-state index contributed by atoms with van der Waals surface area (Å²) >= 11 is 0. The van der Waals surface area contributed by atoms with Gasteiger partial charge >= 0.3 is 5.97 Å². The van der Waals surface area contributed by atoms with Crippen molar-refractivity contribution >= 4 is 23.3 Å². The molecule has 2 heterocycles. The first-order valence-corrected chi connectivity index (χ1v) is 12.4. The minimum absolute atomic E-state index is 0.0529. The third-order valence-electron chi connectivity index (χ3n) is 6.94. The Labute approximate surface area is 206 Å². The monoisotopic (exact) mass is 476 g/mol. The summed E-state index contributed by atoms with van der Waals surface area (Å²) in [6, 6.07) is 5.15. The number of ketones is 2. The van der Waals surface area contributed by atoms with Gasteiger partial charge in [-0.2, -0.15) is 0 Å². The lowest BCUT2D eigenvalue weighted by Crippen LogP contribution is -2.40. The van der Waals surface area contributed by atoms with Gasteiger partial charge in [-0.25, -0.2) is 4.79 Å². The number of carbonyl (C=O) groups is 3. The van der Waals surface area contributed by atoms with Crippen LogP contribution < -0.4 is 0 Å². The van der Waals surface area contributed by atoms with Gasteiger partial charge in [-0.1, -0.05) is 57.6 Å². The molecule has 4 rings (SSSR count). The van der Waals surface area contributed by atoms with E-state index >= 15 is 0 Å². The molecule has 0 spiro atoms. The first-order chi connectivity index (χ1) is 16.8. The fourth-order valence-corrected chi connectivity index (χ4v) is 4.96. The second kappa shape index (κ2) is 10.1. The van der Waals surface area contributed by atoms with Crippen LogP contribution in [-0.4, -0.2) is 28.2 Å². The molecule has 1 aliphatic carbocycles. The topological polar surface area (TPSA) is 89.9 Å². The van der Waals surface area contributed by atoms with Gasteiger partial charge in [-0.15, -0.1) is 0 Å². The third-order valence-corrected chi connectivity index (χ3v) is 6.94. The molecule has 6 heteroatoms. The van der Waals surface area contributed by atoms with Gasteiger partial charge in [0.25, 0.3) is 0 Å². The molecule has 6 nitrogen and oxygen atoms in total. The molecule has 0 saturated carbocycles. The second-order valence-electron chi connectivity index (χ2n) is 9.56. The highest BCUT2D eigenvalue weighted by atomic mass is 16.6. The molecule has 1 aromatic rings. The summed E-state index contributed by atoms with van der Waals surface area (Å²) in [5.74, 6) is -1.02. The van der Waals surface area contributed by atoms with Crippen molar-refractivity contribution in [3.63, 3.8) is 0 Å². The Kier molecular flexibility index (Phi) is 7.10. The number of carbonyl (C=O) groups excluding carboxylic acids is 3. The lowest BCUT2D eigenvalue weighted by molar-refractivity contribution is -0.152. The van der Waals surface area contributed by atoms with Crippen molar-refractivity contribution < 1.29 is 29.0 Å². The lowest BCUT2D eigenvalue weighted by Gasteiger charge is -2.31. The SMILES string of the molecule is CCCCCCCCCC(=O)C1=C2C3=COC(c4c(C)cccc4O)=CC3=CC(=O)C2(C)OC1=O. The quantitative estimate of drug-likeness (QED) is 0.261. The Morgan fingerprint density at radius 3 is 2.46 bits per heavy atom. The van der Waals surface area contributed by atoms with Crippen molar-refractivity contribution in [1.29, 1.82) is 0 Å². The van der Waals surface area contributed by atoms with Crippen LogP contribution in [0.15, 0.2) is 58.9 Å². The molecule has 1 atom stereocenters. The Balaban J connectivity index is 1.60. The second-order valence-corrected chi connectivity index (χ2v) is 9.56. The molecule has 3 aliphatic rings. The average molecular weight is 477 g/mol. The zero-order chi connectivity index (χ0) is 25.2. The number of aryl methyl sites for hydroxylation is 1. The van der Waals surface area contributed by atoms with Crippen molar-refractivity contribution in [3.05, 3.63) is 70.0 Å². The van der Waals surface area contributed by atoms with E-state index in [9.17, 15) is 19.5 Å². The van der Waals surface area contributed by atoms with Crippen molar-refractivity contribution in [2.45, 2.75) is 77.7 Å². The number of benzene rings is 1. The van der Waals surface area contributed by atoms with Crippen molar-refractivity contribution in [3.8, 4) is 5.75 Å². The highest BCUT2D eigenvalue weighted by Gasteiger charge is 2.54.